The minimum absolute atomic E-state index is 0.108. The van der Waals surface area contributed by atoms with E-state index in [9.17, 15) is 0 Å². The topological polar surface area (TPSA) is 60.2 Å². The molecule has 102 valence electrons. The van der Waals surface area contributed by atoms with Crippen LogP contribution in [0.1, 0.15) is 35.9 Å². The summed E-state index contributed by atoms with van der Waals surface area (Å²) in [4.78, 5) is 8.51. The van der Waals surface area contributed by atoms with Gasteiger partial charge in [-0.2, -0.15) is 4.98 Å². The van der Waals surface area contributed by atoms with Crippen LogP contribution in [0.2, 0.25) is 0 Å². The summed E-state index contributed by atoms with van der Waals surface area (Å²) in [6.07, 6.45) is 0. The molecule has 5 nitrogen and oxygen atoms in total. The number of methoxy groups -OCH3 is 1. The Kier molecular flexibility index (Phi) is 3.74. The maximum absolute atomic E-state index is 5.54. The van der Waals surface area contributed by atoms with Crippen LogP contribution in [-0.2, 0) is 0 Å². The van der Waals surface area contributed by atoms with Crippen LogP contribution in [0.3, 0.4) is 0 Å². The zero-order valence-electron chi connectivity index (χ0n) is 11.9. The fourth-order valence-corrected chi connectivity index (χ4v) is 2.10. The van der Waals surface area contributed by atoms with Crippen molar-refractivity contribution in [2.45, 2.75) is 33.7 Å². The molecule has 0 fully saturated rings. The number of hydrogen-bond donors (Lipinski definition) is 1. The van der Waals surface area contributed by atoms with Gasteiger partial charge in [-0.15, -0.1) is 0 Å². The number of hydrogen-bond acceptors (Lipinski definition) is 5. The van der Waals surface area contributed by atoms with Crippen molar-refractivity contribution in [1.29, 1.82) is 0 Å². The highest BCUT2D eigenvalue weighted by molar-refractivity contribution is 5.42. The number of nitrogens with one attached hydrogen (secondary N) is 1. The predicted molar refractivity (Wildman–Crippen MR) is 73.5 cm³/mol. The number of nitrogens with zero attached hydrogens (tertiary/aromatic N) is 2. The molecule has 0 radical (unpaired) electrons. The summed E-state index contributed by atoms with van der Waals surface area (Å²) in [5.41, 5.74) is 1.13. The molecule has 5 heteroatoms. The van der Waals surface area contributed by atoms with Crippen LogP contribution in [0.25, 0.3) is 0 Å². The first-order valence-electron chi connectivity index (χ1n) is 6.22. The van der Waals surface area contributed by atoms with Crippen molar-refractivity contribution in [1.82, 2.24) is 9.97 Å². The van der Waals surface area contributed by atoms with Crippen LogP contribution in [0.15, 0.2) is 16.5 Å². The molecule has 0 bridgehead atoms. The third-order valence-corrected chi connectivity index (χ3v) is 2.93. The molecular formula is C14H19N3O2. The molecule has 1 N–H and O–H groups in total. The molecule has 1 atom stereocenters. The second-order valence-electron chi connectivity index (χ2n) is 4.58. The highest BCUT2D eigenvalue weighted by Gasteiger charge is 2.13. The molecule has 0 aliphatic heterocycles. The average molecular weight is 261 g/mol. The summed E-state index contributed by atoms with van der Waals surface area (Å²) in [6.45, 7) is 7.82. The van der Waals surface area contributed by atoms with Gasteiger partial charge < -0.3 is 14.5 Å². The molecule has 2 aromatic rings. The number of furan rings is 1. The van der Waals surface area contributed by atoms with Gasteiger partial charge in [-0.1, -0.05) is 0 Å². The Hall–Kier alpha value is -2.04. The quantitative estimate of drug-likeness (QED) is 0.916. The smallest absolute Gasteiger partial charge is 0.218 e. The normalized spacial score (nSPS) is 12.3. The molecule has 1 unspecified atom stereocenters. The van der Waals surface area contributed by atoms with Gasteiger partial charge in [0.05, 0.1) is 13.2 Å². The molecular weight excluding hydrogens is 242 g/mol. The lowest BCUT2D eigenvalue weighted by molar-refractivity contribution is 0.396. The van der Waals surface area contributed by atoms with Crippen molar-refractivity contribution >= 4 is 5.82 Å². The fourth-order valence-electron chi connectivity index (χ4n) is 2.10. The number of aryl methyl sites for hydroxylation is 3. The lowest BCUT2D eigenvalue weighted by Crippen LogP contribution is -2.09. The van der Waals surface area contributed by atoms with Crippen molar-refractivity contribution in [2.75, 3.05) is 12.4 Å². The van der Waals surface area contributed by atoms with Crippen molar-refractivity contribution in [2.24, 2.45) is 0 Å². The number of ether oxygens (including phenoxy) is 1. The van der Waals surface area contributed by atoms with Crippen molar-refractivity contribution in [3.63, 3.8) is 0 Å². The highest BCUT2D eigenvalue weighted by atomic mass is 16.5. The standard InChI is InChI=1S/C14H19N3O2/c1-8-6-12(10(3)19-8)9(2)15-13-7-14(18-5)17-11(4)16-13/h6-7,9H,1-5H3,(H,15,16,17). The Bertz CT molecular complexity index is 578. The minimum atomic E-state index is 0.108. The molecule has 2 aromatic heterocycles. The Morgan fingerprint density at radius 3 is 2.53 bits per heavy atom. The zero-order chi connectivity index (χ0) is 14.0. The van der Waals surface area contributed by atoms with Crippen LogP contribution < -0.4 is 10.1 Å². The summed E-state index contributed by atoms with van der Waals surface area (Å²) < 4.78 is 10.7. The minimum Gasteiger partial charge on any atom is -0.481 e. The second kappa shape index (κ2) is 5.30. The second-order valence-corrected chi connectivity index (χ2v) is 4.58. The Morgan fingerprint density at radius 1 is 1.21 bits per heavy atom. The number of rotatable bonds is 4. The van der Waals surface area contributed by atoms with Crippen LogP contribution in [0, 0.1) is 20.8 Å². The molecule has 0 aromatic carbocycles. The largest absolute Gasteiger partial charge is 0.481 e. The number of anilines is 1. The summed E-state index contributed by atoms with van der Waals surface area (Å²) in [7, 11) is 1.60. The summed E-state index contributed by atoms with van der Waals surface area (Å²) in [5, 5.41) is 3.34. The maximum Gasteiger partial charge on any atom is 0.218 e. The van der Waals surface area contributed by atoms with E-state index >= 15 is 0 Å². The van der Waals surface area contributed by atoms with Crippen LogP contribution in [0.5, 0.6) is 5.88 Å². The highest BCUT2D eigenvalue weighted by Crippen LogP contribution is 2.25. The Morgan fingerprint density at radius 2 is 1.95 bits per heavy atom. The van der Waals surface area contributed by atoms with Gasteiger partial charge in [0.25, 0.3) is 0 Å². The van der Waals surface area contributed by atoms with Crippen molar-refractivity contribution < 1.29 is 9.15 Å². The van der Waals surface area contributed by atoms with Gasteiger partial charge in [0.1, 0.15) is 23.2 Å². The van der Waals surface area contributed by atoms with Gasteiger partial charge in [0.15, 0.2) is 0 Å². The van der Waals surface area contributed by atoms with Crippen LogP contribution in [-0.4, -0.2) is 17.1 Å². The van der Waals surface area contributed by atoms with Gasteiger partial charge in [-0.05, 0) is 33.8 Å². The van der Waals surface area contributed by atoms with Gasteiger partial charge in [-0.25, -0.2) is 4.98 Å². The maximum atomic E-state index is 5.54. The van der Waals surface area contributed by atoms with Crippen molar-refractivity contribution in [3.05, 3.63) is 35.0 Å². The fraction of sp³-hybridized carbons (Fsp3) is 0.429. The van der Waals surface area contributed by atoms with Crippen LogP contribution in [0.4, 0.5) is 5.82 Å². The van der Waals surface area contributed by atoms with E-state index in [4.69, 9.17) is 9.15 Å². The molecule has 0 saturated heterocycles. The lowest BCUT2D eigenvalue weighted by Gasteiger charge is -2.14. The summed E-state index contributed by atoms with van der Waals surface area (Å²) >= 11 is 0. The molecule has 0 amide bonds. The third-order valence-electron chi connectivity index (χ3n) is 2.93. The van der Waals surface area contributed by atoms with Gasteiger partial charge >= 0.3 is 0 Å². The predicted octanol–water partition coefficient (Wildman–Crippen LogP) is 3.18. The van der Waals surface area contributed by atoms with E-state index < -0.39 is 0 Å². The molecule has 2 rings (SSSR count). The van der Waals surface area contributed by atoms with Gasteiger partial charge in [0.2, 0.25) is 5.88 Å². The van der Waals surface area contributed by atoms with Crippen LogP contribution >= 0.6 is 0 Å². The molecule has 0 spiro atoms. The van der Waals surface area contributed by atoms with E-state index in [1.54, 1.807) is 13.2 Å². The lowest BCUT2D eigenvalue weighted by atomic mass is 10.1. The molecule has 0 aliphatic carbocycles. The molecule has 19 heavy (non-hydrogen) atoms. The van der Waals surface area contributed by atoms with E-state index in [1.807, 2.05) is 26.8 Å². The first-order valence-corrected chi connectivity index (χ1v) is 6.22. The van der Waals surface area contributed by atoms with E-state index in [1.165, 1.54) is 0 Å². The zero-order valence-corrected chi connectivity index (χ0v) is 11.9. The molecule has 0 aliphatic rings. The Labute approximate surface area is 113 Å². The van der Waals surface area contributed by atoms with E-state index in [2.05, 4.69) is 22.2 Å². The Balaban J connectivity index is 2.21. The van der Waals surface area contributed by atoms with E-state index in [0.29, 0.717) is 11.7 Å². The SMILES string of the molecule is COc1cc(NC(C)c2cc(C)oc2C)nc(C)n1. The first-order chi connectivity index (χ1) is 8.99. The summed E-state index contributed by atoms with van der Waals surface area (Å²) in [5.74, 6) is 3.82. The van der Waals surface area contributed by atoms with Gasteiger partial charge in [-0.3, -0.25) is 0 Å². The molecule has 2 heterocycles. The molecule has 0 saturated carbocycles. The first kappa shape index (κ1) is 13.4. The van der Waals surface area contributed by atoms with Gasteiger partial charge in [0, 0.05) is 11.6 Å². The van der Waals surface area contributed by atoms with Crippen molar-refractivity contribution in [3.8, 4) is 5.88 Å². The summed E-state index contributed by atoms with van der Waals surface area (Å²) in [6, 6.07) is 3.93. The third kappa shape index (κ3) is 3.05. The monoisotopic (exact) mass is 261 g/mol. The average Bonchev–Trinajstić information content (AvgIpc) is 2.67. The number of aromatic nitrogens is 2. The van der Waals surface area contributed by atoms with E-state index in [-0.39, 0.29) is 6.04 Å². The van der Waals surface area contributed by atoms with E-state index in [0.717, 1.165) is 22.9 Å².